The van der Waals surface area contributed by atoms with Crippen LogP contribution in [0.3, 0.4) is 0 Å². The molecule has 1 N–H and O–H groups in total. The van der Waals surface area contributed by atoms with Gasteiger partial charge >= 0.3 is 0 Å². The fourth-order valence-electron chi connectivity index (χ4n) is 3.61. The highest BCUT2D eigenvalue weighted by molar-refractivity contribution is 5.92. The minimum Gasteiger partial charge on any atom is -0.493 e. The van der Waals surface area contributed by atoms with Crippen LogP contribution < -0.4 is 4.74 Å². The number of aromatic amines is 1. The second-order valence-electron chi connectivity index (χ2n) is 7.26. The number of hydrogen-bond acceptors (Lipinski definition) is 5. The third-order valence-electron chi connectivity index (χ3n) is 5.08. The summed E-state index contributed by atoms with van der Waals surface area (Å²) < 4.78 is 24.2. The van der Waals surface area contributed by atoms with Crippen LogP contribution in [-0.2, 0) is 6.42 Å². The van der Waals surface area contributed by atoms with Gasteiger partial charge in [0.05, 0.1) is 18.0 Å². The van der Waals surface area contributed by atoms with Crippen LogP contribution in [0.5, 0.6) is 5.75 Å². The zero-order valence-corrected chi connectivity index (χ0v) is 16.4. The third-order valence-corrected chi connectivity index (χ3v) is 5.08. The maximum absolute atomic E-state index is 13.2. The summed E-state index contributed by atoms with van der Waals surface area (Å²) in [5, 5.41) is 7.44. The van der Waals surface area contributed by atoms with Gasteiger partial charge in [0.15, 0.2) is 5.89 Å². The normalized spacial score (nSPS) is 16.4. The SMILES string of the molecule is Cc1nc(C)c(C(=O)N2CC[C@@H](c3cc(CCOc4cccc(F)c4)[nH]n3)C2)o1. The smallest absolute Gasteiger partial charge is 0.291 e. The number of amides is 1. The van der Waals surface area contributed by atoms with Gasteiger partial charge in [-0.1, -0.05) is 6.07 Å². The van der Waals surface area contributed by atoms with Gasteiger partial charge in [-0.25, -0.2) is 9.37 Å². The Hall–Kier alpha value is -3.16. The molecule has 1 aromatic carbocycles. The van der Waals surface area contributed by atoms with Crippen molar-refractivity contribution in [3.8, 4) is 5.75 Å². The van der Waals surface area contributed by atoms with Crippen LogP contribution in [0.2, 0.25) is 0 Å². The van der Waals surface area contributed by atoms with Crippen LogP contribution in [0.1, 0.15) is 45.9 Å². The number of aryl methyl sites for hydroxylation is 2. The number of H-pyrrole nitrogens is 1. The summed E-state index contributed by atoms with van der Waals surface area (Å²) in [6.45, 7) is 5.20. The van der Waals surface area contributed by atoms with E-state index in [9.17, 15) is 9.18 Å². The highest BCUT2D eigenvalue weighted by atomic mass is 19.1. The molecule has 2 aromatic heterocycles. The topological polar surface area (TPSA) is 84.3 Å². The number of oxazole rings is 1. The lowest BCUT2D eigenvalue weighted by atomic mass is 10.0. The van der Waals surface area contributed by atoms with E-state index < -0.39 is 0 Å². The van der Waals surface area contributed by atoms with Crippen molar-refractivity contribution in [1.82, 2.24) is 20.1 Å². The predicted molar refractivity (Wildman–Crippen MR) is 103 cm³/mol. The number of carbonyl (C=O) groups is 1. The summed E-state index contributed by atoms with van der Waals surface area (Å²) in [5.41, 5.74) is 2.51. The maximum atomic E-state index is 13.2. The maximum Gasteiger partial charge on any atom is 0.291 e. The van der Waals surface area contributed by atoms with Crippen molar-refractivity contribution in [2.45, 2.75) is 32.6 Å². The first kappa shape index (κ1) is 19.2. The Bertz CT molecular complexity index is 1010. The summed E-state index contributed by atoms with van der Waals surface area (Å²) in [6.07, 6.45) is 1.48. The first-order chi connectivity index (χ1) is 14.0. The second-order valence-corrected chi connectivity index (χ2v) is 7.26. The average molecular weight is 398 g/mol. The summed E-state index contributed by atoms with van der Waals surface area (Å²) in [7, 11) is 0. The largest absolute Gasteiger partial charge is 0.493 e. The predicted octanol–water partition coefficient (Wildman–Crippen LogP) is 3.40. The molecular weight excluding hydrogens is 375 g/mol. The lowest BCUT2D eigenvalue weighted by Gasteiger charge is -2.14. The van der Waals surface area contributed by atoms with E-state index in [2.05, 4.69) is 15.2 Å². The minimum absolute atomic E-state index is 0.121. The minimum atomic E-state index is -0.317. The molecule has 1 amide bonds. The van der Waals surface area contributed by atoms with E-state index in [0.717, 1.165) is 17.8 Å². The monoisotopic (exact) mass is 398 g/mol. The molecule has 7 nitrogen and oxygen atoms in total. The van der Waals surface area contributed by atoms with Crippen molar-refractivity contribution in [2.24, 2.45) is 0 Å². The molecule has 1 saturated heterocycles. The lowest BCUT2D eigenvalue weighted by molar-refractivity contribution is 0.0756. The summed E-state index contributed by atoms with van der Waals surface area (Å²) >= 11 is 0. The van der Waals surface area contributed by atoms with E-state index in [1.165, 1.54) is 12.1 Å². The van der Waals surface area contributed by atoms with Crippen molar-refractivity contribution < 1.29 is 18.3 Å². The number of ether oxygens (including phenoxy) is 1. The molecule has 4 rings (SSSR count). The molecule has 1 atom stereocenters. The van der Waals surface area contributed by atoms with Gasteiger partial charge in [0.2, 0.25) is 5.76 Å². The Labute approximate surface area is 167 Å². The van der Waals surface area contributed by atoms with Crippen LogP contribution >= 0.6 is 0 Å². The number of halogens is 1. The number of benzene rings is 1. The molecule has 29 heavy (non-hydrogen) atoms. The molecule has 3 heterocycles. The molecule has 0 aliphatic carbocycles. The number of aromatic nitrogens is 3. The van der Waals surface area contributed by atoms with E-state index in [1.807, 2.05) is 6.07 Å². The van der Waals surface area contributed by atoms with Crippen molar-refractivity contribution in [3.05, 3.63) is 64.9 Å². The molecule has 3 aromatic rings. The Kier molecular flexibility index (Phi) is 5.33. The molecule has 1 aliphatic rings. The van der Waals surface area contributed by atoms with Gasteiger partial charge in [-0.05, 0) is 31.5 Å². The number of hydrogen-bond donors (Lipinski definition) is 1. The van der Waals surface area contributed by atoms with E-state index in [0.29, 0.717) is 49.2 Å². The van der Waals surface area contributed by atoms with Gasteiger partial charge in [-0.2, -0.15) is 5.10 Å². The standard InChI is InChI=1S/C21H23FN4O3/c1-13-20(29-14(2)23-13)21(27)26-8-6-15(12-26)19-11-17(24-25-19)7-9-28-18-5-3-4-16(22)10-18/h3-5,10-11,15H,6-9,12H2,1-2H3,(H,24,25)/t15-/m1/s1. The first-order valence-electron chi connectivity index (χ1n) is 9.65. The Morgan fingerprint density at radius 3 is 3.00 bits per heavy atom. The molecule has 8 heteroatoms. The van der Waals surface area contributed by atoms with E-state index in [1.54, 1.807) is 30.9 Å². The van der Waals surface area contributed by atoms with Crippen LogP contribution in [0, 0.1) is 19.7 Å². The fraction of sp³-hybridized carbons (Fsp3) is 0.381. The molecule has 1 aliphatic heterocycles. The number of likely N-dealkylation sites (tertiary alicyclic amines) is 1. The van der Waals surface area contributed by atoms with E-state index in [-0.39, 0.29) is 17.6 Å². The molecular formula is C21H23FN4O3. The van der Waals surface area contributed by atoms with Crippen LogP contribution in [0.25, 0.3) is 0 Å². The van der Waals surface area contributed by atoms with Crippen LogP contribution in [-0.4, -0.2) is 45.7 Å². The summed E-state index contributed by atoms with van der Waals surface area (Å²) in [5.74, 6) is 1.07. The highest BCUT2D eigenvalue weighted by Crippen LogP contribution is 2.28. The molecule has 0 spiro atoms. The zero-order chi connectivity index (χ0) is 20.4. The number of nitrogens with one attached hydrogen (secondary N) is 1. The Morgan fingerprint density at radius 1 is 1.38 bits per heavy atom. The summed E-state index contributed by atoms with van der Waals surface area (Å²) in [4.78, 5) is 18.6. The molecule has 152 valence electrons. The number of rotatable bonds is 6. The van der Waals surface area contributed by atoms with Crippen molar-refractivity contribution >= 4 is 5.91 Å². The van der Waals surface area contributed by atoms with Gasteiger partial charge in [0.25, 0.3) is 5.91 Å². The number of nitrogens with zero attached hydrogens (tertiary/aromatic N) is 3. The number of carbonyl (C=O) groups excluding carboxylic acids is 1. The van der Waals surface area contributed by atoms with Gasteiger partial charge < -0.3 is 14.1 Å². The van der Waals surface area contributed by atoms with E-state index in [4.69, 9.17) is 9.15 Å². The Morgan fingerprint density at radius 2 is 2.24 bits per heavy atom. The van der Waals surface area contributed by atoms with Crippen molar-refractivity contribution in [1.29, 1.82) is 0 Å². The molecule has 1 fully saturated rings. The van der Waals surface area contributed by atoms with Gasteiger partial charge in [0.1, 0.15) is 11.6 Å². The molecule has 0 radical (unpaired) electrons. The van der Waals surface area contributed by atoms with Gasteiger partial charge in [0, 0.05) is 44.1 Å². The molecule has 0 bridgehead atoms. The first-order valence-corrected chi connectivity index (χ1v) is 9.65. The van der Waals surface area contributed by atoms with Crippen molar-refractivity contribution in [2.75, 3.05) is 19.7 Å². The Balaban J connectivity index is 1.31. The molecule has 0 unspecified atom stereocenters. The van der Waals surface area contributed by atoms with E-state index >= 15 is 0 Å². The average Bonchev–Trinajstić information content (AvgIpc) is 3.41. The van der Waals surface area contributed by atoms with Crippen LogP contribution in [0.4, 0.5) is 4.39 Å². The third kappa shape index (κ3) is 4.31. The van der Waals surface area contributed by atoms with Gasteiger partial charge in [-0.15, -0.1) is 0 Å². The second kappa shape index (κ2) is 8.06. The lowest BCUT2D eigenvalue weighted by Crippen LogP contribution is -2.28. The quantitative estimate of drug-likeness (QED) is 0.688. The fourth-order valence-corrected chi connectivity index (χ4v) is 3.61. The summed E-state index contributed by atoms with van der Waals surface area (Å²) in [6, 6.07) is 8.10. The molecule has 0 saturated carbocycles. The highest BCUT2D eigenvalue weighted by Gasteiger charge is 2.32. The van der Waals surface area contributed by atoms with Crippen molar-refractivity contribution in [3.63, 3.8) is 0 Å². The van der Waals surface area contributed by atoms with Crippen LogP contribution in [0.15, 0.2) is 34.7 Å². The zero-order valence-electron chi connectivity index (χ0n) is 16.4. The van der Waals surface area contributed by atoms with Gasteiger partial charge in [-0.3, -0.25) is 9.89 Å².